The highest BCUT2D eigenvalue weighted by molar-refractivity contribution is 6.31. The van der Waals surface area contributed by atoms with Crippen LogP contribution in [0.5, 0.6) is 0 Å². The van der Waals surface area contributed by atoms with Crippen LogP contribution in [-0.2, 0) is 0 Å². The van der Waals surface area contributed by atoms with Gasteiger partial charge in [0.25, 0.3) is 0 Å². The zero-order valence-corrected chi connectivity index (χ0v) is 11.2. The highest BCUT2D eigenvalue weighted by atomic mass is 35.5. The van der Waals surface area contributed by atoms with Gasteiger partial charge >= 0.3 is 5.97 Å². The van der Waals surface area contributed by atoms with Crippen LogP contribution in [0.2, 0.25) is 5.02 Å². The van der Waals surface area contributed by atoms with Gasteiger partial charge in [-0.15, -0.1) is 0 Å². The Balaban J connectivity index is 2.72. The summed E-state index contributed by atoms with van der Waals surface area (Å²) in [5.41, 5.74) is 3.79. The molecule has 0 aliphatic heterocycles. The zero-order valence-electron chi connectivity index (χ0n) is 10.5. The minimum atomic E-state index is -0.908. The molecule has 2 aromatic rings. The minimum Gasteiger partial charge on any atom is -0.478 e. The quantitative estimate of drug-likeness (QED) is 0.897. The van der Waals surface area contributed by atoms with E-state index in [2.05, 4.69) is 0 Å². The molecule has 1 N–H and O–H groups in total. The molecule has 0 spiro atoms. The number of aromatic carboxylic acids is 1. The molecule has 1 aromatic heterocycles. The van der Waals surface area contributed by atoms with Crippen LogP contribution < -0.4 is 0 Å². The van der Waals surface area contributed by atoms with E-state index in [4.69, 9.17) is 16.7 Å². The van der Waals surface area contributed by atoms with Gasteiger partial charge in [0.15, 0.2) is 0 Å². The van der Waals surface area contributed by atoms with E-state index in [1.807, 2.05) is 36.6 Å². The second-order valence-corrected chi connectivity index (χ2v) is 4.72. The molecule has 0 radical (unpaired) electrons. The van der Waals surface area contributed by atoms with E-state index in [0.717, 1.165) is 16.9 Å². The molecule has 0 aliphatic carbocycles. The van der Waals surface area contributed by atoms with E-state index in [1.54, 1.807) is 13.0 Å². The first-order chi connectivity index (χ1) is 8.43. The molecular formula is C14H14ClNO2. The van der Waals surface area contributed by atoms with Crippen LogP contribution in [0, 0.1) is 20.8 Å². The van der Waals surface area contributed by atoms with Crippen molar-refractivity contribution in [3.8, 4) is 5.69 Å². The van der Waals surface area contributed by atoms with E-state index in [9.17, 15) is 4.79 Å². The third kappa shape index (κ3) is 1.91. The van der Waals surface area contributed by atoms with Crippen molar-refractivity contribution in [2.45, 2.75) is 20.8 Å². The summed E-state index contributed by atoms with van der Waals surface area (Å²) in [7, 11) is 0. The Labute approximate surface area is 111 Å². The SMILES string of the molecule is Cc1c(Cl)cccc1-n1c(C)cc(C(=O)O)c1C. The van der Waals surface area contributed by atoms with Gasteiger partial charge in [-0.3, -0.25) is 0 Å². The molecule has 0 atom stereocenters. The molecular weight excluding hydrogens is 250 g/mol. The van der Waals surface area contributed by atoms with Crippen molar-refractivity contribution in [2.24, 2.45) is 0 Å². The maximum Gasteiger partial charge on any atom is 0.337 e. The first kappa shape index (κ1) is 12.7. The van der Waals surface area contributed by atoms with E-state index >= 15 is 0 Å². The van der Waals surface area contributed by atoms with Gasteiger partial charge < -0.3 is 9.67 Å². The fourth-order valence-corrected chi connectivity index (χ4v) is 2.36. The average Bonchev–Trinajstić information content (AvgIpc) is 2.59. The highest BCUT2D eigenvalue weighted by Gasteiger charge is 2.17. The van der Waals surface area contributed by atoms with Crippen molar-refractivity contribution in [3.05, 3.63) is 51.8 Å². The van der Waals surface area contributed by atoms with Crippen LogP contribution in [-0.4, -0.2) is 15.6 Å². The molecule has 0 amide bonds. The lowest BCUT2D eigenvalue weighted by molar-refractivity contribution is 0.0696. The summed E-state index contributed by atoms with van der Waals surface area (Å²) in [6, 6.07) is 7.31. The van der Waals surface area contributed by atoms with Crippen molar-refractivity contribution in [1.82, 2.24) is 4.57 Å². The Morgan fingerprint density at radius 1 is 1.28 bits per heavy atom. The average molecular weight is 264 g/mol. The molecule has 2 rings (SSSR count). The molecule has 0 fully saturated rings. The van der Waals surface area contributed by atoms with Gasteiger partial charge in [-0.2, -0.15) is 0 Å². The van der Waals surface area contributed by atoms with Crippen LogP contribution in [0.25, 0.3) is 5.69 Å². The van der Waals surface area contributed by atoms with Crippen LogP contribution in [0.15, 0.2) is 24.3 Å². The maximum absolute atomic E-state index is 11.1. The number of nitrogens with zero attached hydrogens (tertiary/aromatic N) is 1. The number of carbonyl (C=O) groups is 1. The lowest BCUT2D eigenvalue weighted by Gasteiger charge is -2.13. The largest absolute Gasteiger partial charge is 0.478 e. The van der Waals surface area contributed by atoms with E-state index in [-0.39, 0.29) is 0 Å². The van der Waals surface area contributed by atoms with Crippen molar-refractivity contribution >= 4 is 17.6 Å². The second kappa shape index (κ2) is 4.50. The summed E-state index contributed by atoms with van der Waals surface area (Å²) in [6.07, 6.45) is 0. The Hall–Kier alpha value is -1.74. The number of benzene rings is 1. The van der Waals surface area contributed by atoms with Gasteiger partial charge in [-0.25, -0.2) is 4.79 Å². The summed E-state index contributed by atoms with van der Waals surface area (Å²) >= 11 is 6.11. The Morgan fingerprint density at radius 2 is 1.94 bits per heavy atom. The molecule has 4 heteroatoms. The smallest absolute Gasteiger partial charge is 0.337 e. The van der Waals surface area contributed by atoms with E-state index < -0.39 is 5.97 Å². The first-order valence-corrected chi connectivity index (χ1v) is 5.99. The third-order valence-corrected chi connectivity index (χ3v) is 3.55. The van der Waals surface area contributed by atoms with Crippen LogP contribution >= 0.6 is 11.6 Å². The van der Waals surface area contributed by atoms with Crippen molar-refractivity contribution < 1.29 is 9.90 Å². The van der Waals surface area contributed by atoms with Crippen molar-refractivity contribution in [2.75, 3.05) is 0 Å². The molecule has 0 saturated heterocycles. The number of carboxylic acid groups (broad SMARTS) is 1. The van der Waals surface area contributed by atoms with Gasteiger partial charge in [-0.05, 0) is 44.5 Å². The van der Waals surface area contributed by atoms with Gasteiger partial charge in [0.05, 0.1) is 5.56 Å². The van der Waals surface area contributed by atoms with Crippen LogP contribution in [0.3, 0.4) is 0 Å². The monoisotopic (exact) mass is 263 g/mol. The zero-order chi connectivity index (χ0) is 13.4. The fraction of sp³-hybridized carbons (Fsp3) is 0.214. The fourth-order valence-electron chi connectivity index (χ4n) is 2.19. The summed E-state index contributed by atoms with van der Waals surface area (Å²) < 4.78 is 1.92. The van der Waals surface area contributed by atoms with Gasteiger partial charge in [0.2, 0.25) is 0 Å². The highest BCUT2D eigenvalue weighted by Crippen LogP contribution is 2.27. The summed E-state index contributed by atoms with van der Waals surface area (Å²) in [5.74, 6) is -0.908. The van der Waals surface area contributed by atoms with Gasteiger partial charge in [0.1, 0.15) is 0 Å². The molecule has 0 unspecified atom stereocenters. The summed E-state index contributed by atoms with van der Waals surface area (Å²) in [4.78, 5) is 11.1. The molecule has 0 saturated carbocycles. The molecule has 1 aromatic carbocycles. The lowest BCUT2D eigenvalue weighted by Crippen LogP contribution is -2.04. The Bertz CT molecular complexity index is 629. The van der Waals surface area contributed by atoms with Crippen LogP contribution in [0.1, 0.15) is 27.3 Å². The number of hydrogen-bond acceptors (Lipinski definition) is 1. The topological polar surface area (TPSA) is 42.2 Å². The van der Waals surface area contributed by atoms with Crippen molar-refractivity contribution in [3.63, 3.8) is 0 Å². The molecule has 0 bridgehead atoms. The molecule has 0 aliphatic rings. The number of hydrogen-bond donors (Lipinski definition) is 1. The second-order valence-electron chi connectivity index (χ2n) is 4.31. The van der Waals surface area contributed by atoms with Gasteiger partial charge in [0, 0.05) is 22.1 Å². The Kier molecular flexibility index (Phi) is 3.18. The predicted molar refractivity (Wildman–Crippen MR) is 71.9 cm³/mol. The number of halogens is 1. The number of rotatable bonds is 2. The number of aromatic nitrogens is 1. The number of aryl methyl sites for hydroxylation is 1. The summed E-state index contributed by atoms with van der Waals surface area (Å²) in [6.45, 7) is 5.62. The molecule has 94 valence electrons. The standard InChI is InChI=1S/C14H14ClNO2/c1-8-7-11(14(17)18)10(3)16(8)13-6-4-5-12(15)9(13)2/h4-7H,1-3H3,(H,17,18). The van der Waals surface area contributed by atoms with Gasteiger partial charge in [-0.1, -0.05) is 17.7 Å². The minimum absolute atomic E-state index is 0.326. The lowest BCUT2D eigenvalue weighted by atomic mass is 10.2. The summed E-state index contributed by atoms with van der Waals surface area (Å²) in [5, 5.41) is 9.81. The molecule has 1 heterocycles. The maximum atomic E-state index is 11.1. The predicted octanol–water partition coefficient (Wildman–Crippen LogP) is 3.75. The third-order valence-electron chi connectivity index (χ3n) is 3.14. The van der Waals surface area contributed by atoms with E-state index in [0.29, 0.717) is 16.3 Å². The van der Waals surface area contributed by atoms with Crippen LogP contribution in [0.4, 0.5) is 0 Å². The van der Waals surface area contributed by atoms with Crippen molar-refractivity contribution in [1.29, 1.82) is 0 Å². The van der Waals surface area contributed by atoms with E-state index in [1.165, 1.54) is 0 Å². The molecule has 18 heavy (non-hydrogen) atoms. The first-order valence-electron chi connectivity index (χ1n) is 5.61. The number of carboxylic acids is 1. The Morgan fingerprint density at radius 3 is 2.50 bits per heavy atom. The molecule has 3 nitrogen and oxygen atoms in total. The normalized spacial score (nSPS) is 10.7.